The Kier molecular flexibility index (Phi) is 9.26. The first-order valence-electron chi connectivity index (χ1n) is 17.1. The van der Waals surface area contributed by atoms with Gasteiger partial charge in [-0.05, 0) is 50.0 Å². The summed E-state index contributed by atoms with van der Waals surface area (Å²) < 4.78 is 16.5. The van der Waals surface area contributed by atoms with E-state index in [1.54, 1.807) is 6.20 Å². The molecule has 1 radical (unpaired) electrons. The summed E-state index contributed by atoms with van der Waals surface area (Å²) in [5.74, 6) is 0.346. The Morgan fingerprint density at radius 1 is 0.612 bits per heavy atom. The topological polar surface area (TPSA) is 38.7 Å². The van der Waals surface area contributed by atoms with E-state index in [9.17, 15) is 0 Å². The van der Waals surface area contributed by atoms with Gasteiger partial charge in [0, 0.05) is 48.8 Å². The summed E-state index contributed by atoms with van der Waals surface area (Å²) in [4.78, 5) is 14.8. The van der Waals surface area contributed by atoms with Crippen LogP contribution in [-0.4, -0.2) is 15.0 Å². The van der Waals surface area contributed by atoms with E-state index in [4.69, 9.17) is 15.0 Å². The number of halogens is 1. The summed E-state index contributed by atoms with van der Waals surface area (Å²) in [5.41, 5.74) is 9.17. The van der Waals surface area contributed by atoms with E-state index in [-0.39, 0.29) is 53.0 Å². The zero-order valence-corrected chi connectivity index (χ0v) is 33.5. The van der Waals surface area contributed by atoms with Crippen molar-refractivity contribution in [3.8, 4) is 45.2 Å². The Labute approximate surface area is 306 Å². The Balaban J connectivity index is 0.00000468. The van der Waals surface area contributed by atoms with Crippen molar-refractivity contribution in [1.29, 1.82) is 0 Å². The van der Waals surface area contributed by atoms with Crippen molar-refractivity contribution < 1.29 is 24.5 Å². The minimum atomic E-state index is -0.361. The molecule has 1 aliphatic rings. The van der Waals surface area contributed by atoms with Crippen LogP contribution in [0.5, 0.6) is 0 Å². The molecule has 0 saturated carbocycles. The number of hydrogen-bond acceptors (Lipinski definition) is 3. The van der Waals surface area contributed by atoms with Gasteiger partial charge in [-0.3, -0.25) is 4.39 Å². The van der Waals surface area contributed by atoms with Crippen LogP contribution in [0.2, 0.25) is 0 Å². The summed E-state index contributed by atoms with van der Waals surface area (Å²) in [5, 5.41) is 0. The number of fused-ring (bicyclic) bond motifs is 1. The minimum absolute atomic E-state index is 0. The first-order valence-corrected chi connectivity index (χ1v) is 17.1. The second-order valence-electron chi connectivity index (χ2n) is 17.2. The van der Waals surface area contributed by atoms with Crippen LogP contribution in [-0.2, 0) is 41.8 Å². The third-order valence-corrected chi connectivity index (χ3v) is 11.6. The van der Waals surface area contributed by atoms with Crippen molar-refractivity contribution in [3.05, 3.63) is 113 Å². The van der Waals surface area contributed by atoms with Crippen molar-refractivity contribution in [2.45, 2.75) is 105 Å². The summed E-state index contributed by atoms with van der Waals surface area (Å²) >= 11 is 0. The van der Waals surface area contributed by atoms with E-state index in [0.717, 1.165) is 39.2 Å². The van der Waals surface area contributed by atoms with E-state index < -0.39 is 0 Å². The molecule has 0 N–H and O–H groups in total. The average Bonchev–Trinajstić information content (AvgIpc) is 3.14. The summed E-state index contributed by atoms with van der Waals surface area (Å²) in [7, 11) is 0. The smallest absolute Gasteiger partial charge is 0.161 e. The molecule has 1 aliphatic carbocycles. The van der Waals surface area contributed by atoms with Gasteiger partial charge in [0.25, 0.3) is 0 Å². The standard InChI is InChI=1S/C44H49FN3.Ir/c1-40(2,3)30-18-13-27(14-19-30)35-25-36(28-15-20-31(21-16-28)41(4,5)6)48-39(47-35)29-17-24-34(46-26-29)32-22-23-33-37(38(32)45)43(9,10)44(11,12)42(33,7)8;/h13-21,23-26H,1-12H3;/q-1;. The molecule has 6 rings (SSSR count). The van der Waals surface area contributed by atoms with Crippen LogP contribution in [0, 0.1) is 17.3 Å². The number of aromatic nitrogens is 3. The Bertz CT molecular complexity index is 1920. The van der Waals surface area contributed by atoms with Crippen molar-refractivity contribution in [2.24, 2.45) is 5.41 Å². The van der Waals surface area contributed by atoms with E-state index in [2.05, 4.69) is 144 Å². The number of benzene rings is 3. The first kappa shape index (κ1) is 36.7. The van der Waals surface area contributed by atoms with Gasteiger partial charge in [0.2, 0.25) is 0 Å². The fourth-order valence-corrected chi connectivity index (χ4v) is 7.07. The van der Waals surface area contributed by atoms with Crippen molar-refractivity contribution in [3.63, 3.8) is 0 Å². The van der Waals surface area contributed by atoms with E-state index in [1.807, 2.05) is 18.2 Å². The maximum Gasteiger partial charge on any atom is 0.161 e. The largest absolute Gasteiger partial charge is 0.304 e. The first-order chi connectivity index (χ1) is 22.2. The Hall–Kier alpha value is -3.53. The van der Waals surface area contributed by atoms with Crippen molar-refractivity contribution in [2.75, 3.05) is 0 Å². The second kappa shape index (κ2) is 12.4. The van der Waals surface area contributed by atoms with Crippen LogP contribution >= 0.6 is 0 Å². The average molecular weight is 831 g/mol. The van der Waals surface area contributed by atoms with Gasteiger partial charge in [0.1, 0.15) is 0 Å². The molecule has 3 nitrogen and oxygen atoms in total. The minimum Gasteiger partial charge on any atom is -0.304 e. The molecule has 0 aliphatic heterocycles. The Morgan fingerprint density at radius 2 is 1.08 bits per heavy atom. The molecule has 0 spiro atoms. The number of pyridine rings is 1. The van der Waals surface area contributed by atoms with Gasteiger partial charge in [-0.25, -0.2) is 9.97 Å². The van der Waals surface area contributed by atoms with Crippen LogP contribution in [0.4, 0.5) is 4.39 Å². The molecule has 49 heavy (non-hydrogen) atoms. The zero-order chi connectivity index (χ0) is 35.0. The zero-order valence-electron chi connectivity index (χ0n) is 31.1. The molecule has 0 bridgehead atoms. The third-order valence-electron chi connectivity index (χ3n) is 11.6. The number of nitrogens with zero attached hydrogens (tertiary/aromatic N) is 3. The van der Waals surface area contributed by atoms with Gasteiger partial charge in [-0.1, -0.05) is 155 Å². The van der Waals surface area contributed by atoms with Gasteiger partial charge >= 0.3 is 0 Å². The van der Waals surface area contributed by atoms with Crippen LogP contribution in [0.1, 0.15) is 105 Å². The van der Waals surface area contributed by atoms with Crippen LogP contribution < -0.4 is 0 Å². The SMILES string of the molecule is CC(C)(C)c1ccc(-c2cc(-c3ccc(C(C)(C)C)cc3)nc(-c3ccc(-c4[c-]cc5c(c4F)C(C)(C)C(C)(C)C5(C)C)nc3)n2)cc1.[Ir]. The maximum absolute atomic E-state index is 16.5. The number of hydrogen-bond donors (Lipinski definition) is 0. The third kappa shape index (κ3) is 6.23. The quantitative estimate of drug-likeness (QED) is 0.169. The van der Waals surface area contributed by atoms with Gasteiger partial charge < -0.3 is 4.98 Å². The van der Waals surface area contributed by atoms with Gasteiger partial charge in [-0.15, -0.1) is 17.7 Å². The predicted molar refractivity (Wildman–Crippen MR) is 198 cm³/mol. The van der Waals surface area contributed by atoms with Crippen molar-refractivity contribution in [1.82, 2.24) is 15.0 Å². The molecule has 257 valence electrons. The van der Waals surface area contributed by atoms with Crippen LogP contribution in [0.15, 0.2) is 79.0 Å². The molecule has 5 aromatic rings. The van der Waals surface area contributed by atoms with Crippen LogP contribution in [0.25, 0.3) is 45.2 Å². The molecule has 0 amide bonds. The van der Waals surface area contributed by atoms with Gasteiger partial charge in [-0.2, -0.15) is 0 Å². The molecule has 3 aromatic carbocycles. The van der Waals surface area contributed by atoms with E-state index in [0.29, 0.717) is 17.1 Å². The van der Waals surface area contributed by atoms with E-state index >= 15 is 4.39 Å². The molecular formula is C44H49FIrN3-. The molecule has 0 atom stereocenters. The fraction of sp³-hybridized carbons (Fsp3) is 0.386. The van der Waals surface area contributed by atoms with Gasteiger partial charge in [0.15, 0.2) is 5.82 Å². The summed E-state index contributed by atoms with van der Waals surface area (Å²) in [6.45, 7) is 26.5. The number of rotatable bonds is 4. The van der Waals surface area contributed by atoms with E-state index in [1.165, 1.54) is 11.1 Å². The second-order valence-corrected chi connectivity index (χ2v) is 17.2. The maximum atomic E-state index is 16.5. The predicted octanol–water partition coefficient (Wildman–Crippen LogP) is 11.7. The normalized spacial score (nSPS) is 16.2. The monoisotopic (exact) mass is 831 g/mol. The molecule has 2 aromatic heterocycles. The van der Waals surface area contributed by atoms with Crippen molar-refractivity contribution >= 4 is 0 Å². The molecule has 0 fully saturated rings. The summed E-state index contributed by atoms with van der Waals surface area (Å²) in [6.07, 6.45) is 1.75. The molecule has 0 saturated heterocycles. The molecule has 0 unspecified atom stereocenters. The molecule has 2 heterocycles. The molecule has 5 heteroatoms. The van der Waals surface area contributed by atoms with Gasteiger partial charge in [0.05, 0.1) is 11.4 Å². The summed E-state index contributed by atoms with van der Waals surface area (Å²) in [6, 6.07) is 28.4. The fourth-order valence-electron chi connectivity index (χ4n) is 7.07. The van der Waals surface area contributed by atoms with Crippen LogP contribution in [0.3, 0.4) is 0 Å². The molecular weight excluding hydrogens is 782 g/mol. The Morgan fingerprint density at radius 3 is 1.51 bits per heavy atom.